The number of rotatable bonds is 1. The van der Waals surface area contributed by atoms with Gasteiger partial charge in [-0.3, -0.25) is 4.79 Å². The normalized spacial score (nSPS) is 21.2. The summed E-state index contributed by atoms with van der Waals surface area (Å²) in [6.45, 7) is 2.10. The lowest BCUT2D eigenvalue weighted by molar-refractivity contribution is 0.0940. The number of hydrogen-bond donors (Lipinski definition) is 0. The van der Waals surface area contributed by atoms with Crippen molar-refractivity contribution in [1.82, 2.24) is 0 Å². The number of fused-ring (bicyclic) bond motifs is 1. The van der Waals surface area contributed by atoms with Gasteiger partial charge in [0, 0.05) is 21.5 Å². The highest BCUT2D eigenvalue weighted by molar-refractivity contribution is 6.37. The van der Waals surface area contributed by atoms with Crippen LogP contribution in [0, 0.1) is 0 Å². The molecule has 108 valence electrons. The average Bonchev–Trinajstić information content (AvgIpc) is 2.43. The molecule has 0 aliphatic heterocycles. The first-order chi connectivity index (χ1) is 9.97. The number of ketones is 1. The molecule has 0 bridgehead atoms. The fourth-order valence-corrected chi connectivity index (χ4v) is 3.71. The molecular formula is C17H13Cl3O. The van der Waals surface area contributed by atoms with Gasteiger partial charge in [0.15, 0.2) is 5.78 Å². The lowest BCUT2D eigenvalue weighted by atomic mass is 9.74. The van der Waals surface area contributed by atoms with Crippen molar-refractivity contribution < 1.29 is 4.79 Å². The van der Waals surface area contributed by atoms with Crippen LogP contribution in [-0.4, -0.2) is 5.78 Å². The highest BCUT2D eigenvalue weighted by Crippen LogP contribution is 2.43. The molecule has 1 aliphatic carbocycles. The van der Waals surface area contributed by atoms with E-state index in [-0.39, 0.29) is 17.6 Å². The van der Waals surface area contributed by atoms with Gasteiger partial charge in [0.25, 0.3) is 0 Å². The van der Waals surface area contributed by atoms with Gasteiger partial charge >= 0.3 is 0 Å². The maximum Gasteiger partial charge on any atom is 0.172 e. The van der Waals surface area contributed by atoms with E-state index in [4.69, 9.17) is 34.8 Å². The molecule has 21 heavy (non-hydrogen) atoms. The third kappa shape index (κ3) is 2.70. The third-order valence-electron chi connectivity index (χ3n) is 4.04. The summed E-state index contributed by atoms with van der Waals surface area (Å²) in [6, 6.07) is 10.9. The Hall–Kier alpha value is -1.02. The Kier molecular flexibility index (Phi) is 4.00. The third-order valence-corrected chi connectivity index (χ3v) is 4.81. The second kappa shape index (κ2) is 5.64. The van der Waals surface area contributed by atoms with E-state index in [2.05, 4.69) is 6.92 Å². The fourth-order valence-electron chi connectivity index (χ4n) is 2.99. The predicted molar refractivity (Wildman–Crippen MR) is 88.0 cm³/mol. The monoisotopic (exact) mass is 338 g/mol. The summed E-state index contributed by atoms with van der Waals surface area (Å²) >= 11 is 18.2. The number of Topliss-reactive ketones (excluding diaryl/α,β-unsaturated/α-hetero) is 1. The Morgan fingerprint density at radius 2 is 1.67 bits per heavy atom. The van der Waals surface area contributed by atoms with E-state index in [0.717, 1.165) is 17.5 Å². The van der Waals surface area contributed by atoms with Crippen molar-refractivity contribution in [1.29, 1.82) is 0 Å². The minimum absolute atomic E-state index is 0.0621. The first kappa shape index (κ1) is 14.9. The van der Waals surface area contributed by atoms with Crippen molar-refractivity contribution in [2.24, 2.45) is 0 Å². The summed E-state index contributed by atoms with van der Waals surface area (Å²) in [5.74, 6) is 0.116. The molecule has 0 heterocycles. The van der Waals surface area contributed by atoms with Crippen LogP contribution >= 0.6 is 34.8 Å². The molecule has 0 saturated carbocycles. The molecule has 0 saturated heterocycles. The number of benzene rings is 2. The largest absolute Gasteiger partial charge is 0.293 e. The highest BCUT2D eigenvalue weighted by Gasteiger charge is 2.34. The number of halogens is 3. The molecule has 2 aromatic carbocycles. The first-order valence-corrected chi connectivity index (χ1v) is 7.89. The summed E-state index contributed by atoms with van der Waals surface area (Å²) in [4.78, 5) is 12.8. The topological polar surface area (TPSA) is 17.1 Å². The van der Waals surface area contributed by atoms with Crippen molar-refractivity contribution in [3.05, 3.63) is 68.2 Å². The predicted octanol–water partition coefficient (Wildman–Crippen LogP) is 6.12. The van der Waals surface area contributed by atoms with E-state index in [9.17, 15) is 4.79 Å². The van der Waals surface area contributed by atoms with Gasteiger partial charge in [0.05, 0.1) is 5.02 Å². The minimum Gasteiger partial charge on any atom is -0.293 e. The first-order valence-electron chi connectivity index (χ1n) is 6.76. The lowest BCUT2D eigenvalue weighted by Crippen LogP contribution is -2.23. The molecule has 1 aliphatic rings. The second-order valence-electron chi connectivity index (χ2n) is 5.46. The van der Waals surface area contributed by atoms with E-state index in [1.807, 2.05) is 30.3 Å². The Morgan fingerprint density at radius 1 is 1.00 bits per heavy atom. The van der Waals surface area contributed by atoms with Crippen LogP contribution in [0.2, 0.25) is 15.1 Å². The van der Waals surface area contributed by atoms with Crippen LogP contribution in [0.25, 0.3) is 0 Å². The molecule has 0 spiro atoms. The molecule has 0 radical (unpaired) electrons. The van der Waals surface area contributed by atoms with Crippen molar-refractivity contribution in [3.63, 3.8) is 0 Å². The molecule has 0 amide bonds. The van der Waals surface area contributed by atoms with Crippen molar-refractivity contribution in [2.45, 2.75) is 25.2 Å². The van der Waals surface area contributed by atoms with Gasteiger partial charge in [0.2, 0.25) is 0 Å². The van der Waals surface area contributed by atoms with Gasteiger partial charge in [-0.2, -0.15) is 0 Å². The van der Waals surface area contributed by atoms with Gasteiger partial charge in [-0.1, -0.05) is 53.9 Å². The van der Waals surface area contributed by atoms with Crippen LogP contribution in [0.15, 0.2) is 36.4 Å². The van der Waals surface area contributed by atoms with Crippen LogP contribution in [0.1, 0.15) is 46.7 Å². The van der Waals surface area contributed by atoms with Crippen LogP contribution in [-0.2, 0) is 0 Å². The van der Waals surface area contributed by atoms with Crippen LogP contribution < -0.4 is 0 Å². The average molecular weight is 340 g/mol. The molecule has 4 heteroatoms. The smallest absolute Gasteiger partial charge is 0.172 e. The van der Waals surface area contributed by atoms with E-state index in [0.29, 0.717) is 20.6 Å². The Labute approximate surface area is 138 Å². The number of carbonyl (C=O) groups excluding carboxylic acids is 1. The highest BCUT2D eigenvalue weighted by atomic mass is 35.5. The van der Waals surface area contributed by atoms with Gasteiger partial charge in [-0.15, -0.1) is 0 Å². The fraction of sp³-hybridized carbons (Fsp3) is 0.235. The van der Waals surface area contributed by atoms with E-state index in [1.54, 1.807) is 6.07 Å². The van der Waals surface area contributed by atoms with Gasteiger partial charge in [-0.25, -0.2) is 0 Å². The quantitative estimate of drug-likeness (QED) is 0.611. The van der Waals surface area contributed by atoms with Gasteiger partial charge in [-0.05, 0) is 47.7 Å². The zero-order chi connectivity index (χ0) is 15.1. The van der Waals surface area contributed by atoms with E-state index < -0.39 is 0 Å². The Bertz CT molecular complexity index is 707. The summed E-state index contributed by atoms with van der Waals surface area (Å²) in [5, 5.41) is 1.68. The van der Waals surface area contributed by atoms with Crippen molar-refractivity contribution >= 4 is 40.6 Å². The molecule has 0 unspecified atom stereocenters. The zero-order valence-corrected chi connectivity index (χ0v) is 13.6. The maximum absolute atomic E-state index is 12.8. The van der Waals surface area contributed by atoms with E-state index >= 15 is 0 Å². The molecule has 3 rings (SSSR count). The molecular weight excluding hydrogens is 327 g/mol. The Balaban J connectivity index is 2.08. The van der Waals surface area contributed by atoms with Gasteiger partial charge < -0.3 is 0 Å². The SMILES string of the molecule is C[C@@H]1C[C@H](c2ccc(Cl)cc2)C(=O)c2c(Cl)cc(Cl)cc21. The summed E-state index contributed by atoms with van der Waals surface area (Å²) in [6.07, 6.45) is 0.754. The molecule has 1 nitrogen and oxygen atoms in total. The standard InChI is InChI=1S/C17H13Cl3O/c1-9-6-14(10-2-4-11(18)5-3-10)17(21)16-13(9)7-12(19)8-15(16)20/h2-5,7-9,14H,6H2,1H3/t9-,14-/m1/s1. The summed E-state index contributed by atoms with van der Waals surface area (Å²) < 4.78 is 0. The Morgan fingerprint density at radius 3 is 2.33 bits per heavy atom. The molecule has 2 atom stereocenters. The number of carbonyl (C=O) groups is 1. The lowest BCUT2D eigenvalue weighted by Gasteiger charge is -2.29. The maximum atomic E-state index is 12.8. The van der Waals surface area contributed by atoms with E-state index in [1.165, 1.54) is 0 Å². The molecule has 0 aromatic heterocycles. The number of hydrogen-bond acceptors (Lipinski definition) is 1. The summed E-state index contributed by atoms with van der Waals surface area (Å²) in [7, 11) is 0. The van der Waals surface area contributed by atoms with Crippen LogP contribution in [0.5, 0.6) is 0 Å². The minimum atomic E-state index is -0.177. The van der Waals surface area contributed by atoms with Crippen molar-refractivity contribution in [3.8, 4) is 0 Å². The van der Waals surface area contributed by atoms with Crippen LogP contribution in [0.3, 0.4) is 0 Å². The summed E-state index contributed by atoms with van der Waals surface area (Å²) in [5.41, 5.74) is 2.54. The molecule has 0 N–H and O–H groups in total. The molecule has 2 aromatic rings. The van der Waals surface area contributed by atoms with Crippen molar-refractivity contribution in [2.75, 3.05) is 0 Å². The van der Waals surface area contributed by atoms with Gasteiger partial charge in [0.1, 0.15) is 0 Å². The molecule has 0 fully saturated rings. The van der Waals surface area contributed by atoms with Crippen LogP contribution in [0.4, 0.5) is 0 Å². The zero-order valence-electron chi connectivity index (χ0n) is 11.4. The second-order valence-corrected chi connectivity index (χ2v) is 6.74.